The quantitative estimate of drug-likeness (QED) is 0.0452. The molecule has 3 aromatic carbocycles. The van der Waals surface area contributed by atoms with E-state index >= 15 is 0 Å². The van der Waals surface area contributed by atoms with Crippen molar-refractivity contribution in [1.29, 1.82) is 0 Å². The second-order valence-corrected chi connectivity index (χ2v) is 24.3. The molecule has 0 saturated carbocycles. The van der Waals surface area contributed by atoms with E-state index in [0.29, 0.717) is 12.8 Å². The van der Waals surface area contributed by atoms with Crippen molar-refractivity contribution in [3.8, 4) is 0 Å². The number of rotatable bonds is 19. The van der Waals surface area contributed by atoms with Gasteiger partial charge in [-0.3, -0.25) is 9.59 Å². The van der Waals surface area contributed by atoms with Crippen molar-refractivity contribution in [3.05, 3.63) is 90.5 Å². The van der Waals surface area contributed by atoms with Crippen molar-refractivity contribution >= 4 is 35.7 Å². The number of cyclic esters (lactones) is 1. The second kappa shape index (κ2) is 28.0. The Labute approximate surface area is 433 Å². The van der Waals surface area contributed by atoms with Gasteiger partial charge >= 0.3 is 5.97 Å². The number of aliphatic hydroxyl groups excluding tert-OH is 3. The van der Waals surface area contributed by atoms with Gasteiger partial charge in [-0.2, -0.15) is 0 Å². The first-order valence-electron chi connectivity index (χ1n) is 27.1. The molecule has 2 aliphatic heterocycles. The minimum absolute atomic E-state index is 0.0993. The number of esters is 1. The number of amides is 1. The molecule has 402 valence electrons. The number of carbonyl (C=O) groups excluding carboxylic acids is 2. The Morgan fingerprint density at radius 2 is 1.29 bits per heavy atom. The molecule has 5 rings (SSSR count). The maximum absolute atomic E-state index is 14.3. The van der Waals surface area contributed by atoms with Crippen molar-refractivity contribution in [2.75, 3.05) is 20.6 Å². The highest BCUT2D eigenvalue weighted by Gasteiger charge is 2.50. The molecule has 2 saturated heterocycles. The monoisotopic (exact) mass is 1020 g/mol. The van der Waals surface area contributed by atoms with E-state index in [1.165, 1.54) is 61.0 Å². The summed E-state index contributed by atoms with van der Waals surface area (Å²) in [5, 5.41) is 63.5. The Bertz CT molecular complexity index is 2020. The van der Waals surface area contributed by atoms with Gasteiger partial charge in [0.1, 0.15) is 23.9 Å². The first-order chi connectivity index (χ1) is 34.2. The summed E-state index contributed by atoms with van der Waals surface area (Å²) in [5.74, 6) is -3.31. The average Bonchev–Trinajstić information content (AvgIpc) is 3.35. The summed E-state index contributed by atoms with van der Waals surface area (Å²) in [4.78, 5) is 31.5. The largest absolute Gasteiger partial charge is 0.459 e. The van der Waals surface area contributed by atoms with Gasteiger partial charge in [-0.1, -0.05) is 151 Å². The van der Waals surface area contributed by atoms with Gasteiger partial charge in [0.25, 0.3) is 0 Å². The Morgan fingerprint density at radius 1 is 0.764 bits per heavy atom. The number of aryl methyl sites for hydroxylation is 1. The number of benzene rings is 3. The fourth-order valence-corrected chi connectivity index (χ4v) is 13.5. The molecular weight excluding hydrogens is 928 g/mol. The predicted molar refractivity (Wildman–Crippen MR) is 289 cm³/mol. The van der Waals surface area contributed by atoms with Crippen LogP contribution in [0.4, 0.5) is 0 Å². The molecule has 0 aliphatic carbocycles. The third-order valence-electron chi connectivity index (χ3n) is 15.6. The van der Waals surface area contributed by atoms with Crippen molar-refractivity contribution in [1.82, 2.24) is 9.80 Å². The van der Waals surface area contributed by atoms with Gasteiger partial charge in [-0.15, -0.1) is 0 Å². The Hall–Kier alpha value is -3.29. The molecule has 0 bridgehead atoms. The third-order valence-corrected chi connectivity index (χ3v) is 18.0. The van der Waals surface area contributed by atoms with Gasteiger partial charge in [-0.05, 0) is 123 Å². The highest BCUT2D eigenvalue weighted by molar-refractivity contribution is 7.79. The molecule has 2 aliphatic rings. The summed E-state index contributed by atoms with van der Waals surface area (Å²) in [6.07, 6.45) is 4.08. The molecule has 72 heavy (non-hydrogen) atoms. The van der Waals surface area contributed by atoms with E-state index in [2.05, 4.69) is 84.9 Å². The van der Waals surface area contributed by atoms with Gasteiger partial charge in [0.05, 0.1) is 35.9 Å². The zero-order chi connectivity index (χ0) is 52.8. The number of ether oxygens (including phenoxy) is 3. The second-order valence-electron chi connectivity index (χ2n) is 22.1. The van der Waals surface area contributed by atoms with E-state index in [1.807, 2.05) is 32.8 Å². The molecule has 0 unspecified atom stereocenters. The summed E-state index contributed by atoms with van der Waals surface area (Å²) in [7, 11) is 3.14. The van der Waals surface area contributed by atoms with Crippen LogP contribution in [0.5, 0.6) is 0 Å². The summed E-state index contributed by atoms with van der Waals surface area (Å²) in [6, 6.07) is 29.7. The Kier molecular flexibility index (Phi) is 23.2. The third kappa shape index (κ3) is 16.1. The lowest BCUT2D eigenvalue weighted by Gasteiger charge is -2.46. The minimum Gasteiger partial charge on any atom is -0.459 e. The molecule has 1 amide bonds. The van der Waals surface area contributed by atoms with Gasteiger partial charge in [0, 0.05) is 24.9 Å². The SMILES string of the molecule is CC[C@H]1OC(=O)[C@H](C)[C@@H](O)[C@H](C)[C@@H](O[C@@H]2O[C@H](C)C[C@H](N(C)C)[C@H]2O)[C@](C)(O)C[C@@H](C)CN(C(=O)CCCCCCCCCCCc2ccc(P(c3ccccc3)c3ccccc3)cc2)[C@H](C)[C@@H](O)[C@]1(C)O. The Morgan fingerprint density at radius 3 is 1.83 bits per heavy atom. The van der Waals surface area contributed by atoms with Crippen molar-refractivity contribution in [2.24, 2.45) is 17.8 Å². The van der Waals surface area contributed by atoms with Crippen LogP contribution >= 0.6 is 7.92 Å². The predicted octanol–water partition coefficient (Wildman–Crippen LogP) is 7.77. The van der Waals surface area contributed by atoms with Crippen molar-refractivity contribution < 1.29 is 49.3 Å². The zero-order valence-corrected chi connectivity index (χ0v) is 46.1. The van der Waals surface area contributed by atoms with Gasteiger partial charge < -0.3 is 49.5 Å². The van der Waals surface area contributed by atoms with E-state index < -0.39 is 79.8 Å². The number of likely N-dealkylation sites (N-methyl/N-ethyl adjacent to an activating group) is 1. The molecule has 12 nitrogen and oxygen atoms in total. The van der Waals surface area contributed by atoms with E-state index in [-0.39, 0.29) is 49.8 Å². The number of hydrogen-bond donors (Lipinski definition) is 5. The van der Waals surface area contributed by atoms with Gasteiger partial charge in [0.15, 0.2) is 6.29 Å². The zero-order valence-electron chi connectivity index (χ0n) is 45.2. The number of carbonyl (C=O) groups is 2. The normalized spacial score (nSPS) is 32.3. The first kappa shape index (κ1) is 59.6. The molecule has 2 fully saturated rings. The highest BCUT2D eigenvalue weighted by Crippen LogP contribution is 2.38. The Balaban J connectivity index is 1.15. The van der Waals surface area contributed by atoms with Gasteiger partial charge in [-0.25, -0.2) is 0 Å². The van der Waals surface area contributed by atoms with Crippen molar-refractivity contribution in [3.63, 3.8) is 0 Å². The fraction of sp³-hybridized carbons (Fsp3) is 0.661. The standard InChI is InChI=1S/C59H91N2O10P/c1-11-50-59(8,68)54(65)44(6)61(39-40(2)38-58(7,67)55(42(4)52(63)43(5)56(66)70-50)71-57-53(64)49(60(9)10)37-41(3)69-57)51(62)32-26-18-16-14-12-13-15-17-21-27-45-33-35-48(36-34-45)72(46-28-22-19-23-29-46)47-30-24-20-25-31-47/h19-20,22-25,28-31,33-36,40-44,49-50,52-55,57,63-65,67-68H,11-18,21,26-27,32,37-39H2,1-10H3/t40-,41-,42+,43-,44-,49+,50-,52+,53-,54-,55-,57+,58-,59-/m1/s1. The van der Waals surface area contributed by atoms with Crippen LogP contribution in [0.15, 0.2) is 84.9 Å². The van der Waals surface area contributed by atoms with Crippen LogP contribution in [0, 0.1) is 17.8 Å². The highest BCUT2D eigenvalue weighted by atomic mass is 31.1. The van der Waals surface area contributed by atoms with Crippen LogP contribution in [0.1, 0.15) is 144 Å². The van der Waals surface area contributed by atoms with E-state index in [4.69, 9.17) is 14.2 Å². The van der Waals surface area contributed by atoms with E-state index in [0.717, 1.165) is 32.1 Å². The number of aliphatic hydroxyl groups is 5. The van der Waals surface area contributed by atoms with E-state index in [1.54, 1.807) is 32.6 Å². The molecular formula is C59H91N2O10P. The van der Waals surface area contributed by atoms with Crippen LogP contribution in [0.2, 0.25) is 0 Å². The van der Waals surface area contributed by atoms with Crippen LogP contribution in [0.3, 0.4) is 0 Å². The van der Waals surface area contributed by atoms with Crippen LogP contribution < -0.4 is 15.9 Å². The first-order valence-corrected chi connectivity index (χ1v) is 28.5. The minimum atomic E-state index is -1.95. The molecule has 0 aromatic heterocycles. The maximum atomic E-state index is 14.3. The summed E-state index contributed by atoms with van der Waals surface area (Å²) in [5.41, 5.74) is -2.22. The topological polar surface area (TPSA) is 169 Å². The molecule has 0 radical (unpaired) electrons. The van der Waals surface area contributed by atoms with Crippen LogP contribution in [0.25, 0.3) is 0 Å². The summed E-state index contributed by atoms with van der Waals surface area (Å²) in [6.45, 7) is 13.6. The molecule has 13 heteroatoms. The van der Waals surface area contributed by atoms with E-state index in [9.17, 15) is 35.1 Å². The maximum Gasteiger partial charge on any atom is 0.311 e. The lowest BCUT2D eigenvalue weighted by Crippen LogP contribution is -2.60. The number of hydrogen-bond acceptors (Lipinski definition) is 11. The van der Waals surface area contributed by atoms with Crippen LogP contribution in [-0.4, -0.2) is 134 Å². The van der Waals surface area contributed by atoms with Gasteiger partial charge in [0.2, 0.25) is 5.91 Å². The molecule has 0 spiro atoms. The fourth-order valence-electron chi connectivity index (χ4n) is 11.2. The van der Waals surface area contributed by atoms with Crippen molar-refractivity contribution in [2.45, 2.75) is 211 Å². The molecule has 14 atom stereocenters. The molecule has 3 aromatic rings. The summed E-state index contributed by atoms with van der Waals surface area (Å²) < 4.78 is 18.5. The lowest BCUT2D eigenvalue weighted by molar-refractivity contribution is -0.299. The number of unbranched alkanes of at least 4 members (excludes halogenated alkanes) is 8. The molecule has 5 N–H and O–H groups in total. The smallest absolute Gasteiger partial charge is 0.311 e. The average molecular weight is 1020 g/mol. The molecule has 2 heterocycles. The summed E-state index contributed by atoms with van der Waals surface area (Å²) >= 11 is 0. The van der Waals surface area contributed by atoms with Crippen LogP contribution in [-0.2, 0) is 30.2 Å². The number of nitrogens with zero attached hydrogens (tertiary/aromatic N) is 2. The lowest BCUT2D eigenvalue weighted by atomic mass is 9.78.